The summed E-state index contributed by atoms with van der Waals surface area (Å²) in [5.74, 6) is -0.623. The van der Waals surface area contributed by atoms with Crippen molar-refractivity contribution in [1.82, 2.24) is 5.43 Å². The minimum atomic E-state index is -0.623. The zero-order chi connectivity index (χ0) is 16.1. The fourth-order valence-electron chi connectivity index (χ4n) is 1.80. The third kappa shape index (κ3) is 3.76. The first-order valence-electron chi connectivity index (χ1n) is 6.33. The molecule has 2 rings (SSSR count). The number of carbonyl (C=O) groups excluding carboxylic acids is 1. The molecule has 0 aliphatic rings. The van der Waals surface area contributed by atoms with E-state index in [0.29, 0.717) is 5.71 Å². The lowest BCUT2D eigenvalue weighted by molar-refractivity contribution is -0.385. The fraction of sp³-hybridized carbons (Fsp3) is 0.0667. The highest BCUT2D eigenvalue weighted by Crippen LogP contribution is 2.17. The van der Waals surface area contributed by atoms with Gasteiger partial charge in [-0.1, -0.05) is 40.2 Å². The number of nitrogens with zero attached hydrogens (tertiary/aromatic N) is 2. The van der Waals surface area contributed by atoms with Gasteiger partial charge in [0.15, 0.2) is 0 Å². The van der Waals surface area contributed by atoms with Crippen molar-refractivity contribution in [3.05, 3.63) is 74.2 Å². The van der Waals surface area contributed by atoms with Crippen LogP contribution in [0.3, 0.4) is 0 Å². The minimum Gasteiger partial charge on any atom is -0.267 e. The Morgan fingerprint density at radius 2 is 1.95 bits per heavy atom. The van der Waals surface area contributed by atoms with Crippen molar-refractivity contribution in [1.29, 1.82) is 0 Å². The van der Waals surface area contributed by atoms with Crippen molar-refractivity contribution in [3.63, 3.8) is 0 Å². The van der Waals surface area contributed by atoms with Crippen LogP contribution in [0.5, 0.6) is 0 Å². The largest absolute Gasteiger partial charge is 0.282 e. The van der Waals surface area contributed by atoms with Gasteiger partial charge in [-0.3, -0.25) is 14.9 Å². The van der Waals surface area contributed by atoms with Crippen LogP contribution in [0.25, 0.3) is 0 Å². The lowest BCUT2D eigenvalue weighted by atomic mass is 10.1. The van der Waals surface area contributed by atoms with E-state index in [4.69, 9.17) is 0 Å². The summed E-state index contributed by atoms with van der Waals surface area (Å²) >= 11 is 3.36. The predicted octanol–water partition coefficient (Wildman–Crippen LogP) is 3.51. The zero-order valence-electron chi connectivity index (χ0n) is 11.6. The maximum absolute atomic E-state index is 12.0. The van der Waals surface area contributed by atoms with E-state index in [9.17, 15) is 14.9 Å². The second kappa shape index (κ2) is 6.95. The standard InChI is InChI=1S/C15H12BrN3O3/c1-10(11-5-4-6-12(16)9-11)17-18-15(20)13-7-2-3-8-14(13)19(21)22/h2-9H,1H3,(H,18,20). The number of nitro benzene ring substituents is 1. The molecule has 0 saturated heterocycles. The molecule has 1 N–H and O–H groups in total. The Morgan fingerprint density at radius 1 is 1.23 bits per heavy atom. The summed E-state index contributed by atoms with van der Waals surface area (Å²) in [5.41, 5.74) is 3.48. The first-order valence-corrected chi connectivity index (χ1v) is 7.12. The average molecular weight is 362 g/mol. The topological polar surface area (TPSA) is 84.6 Å². The predicted molar refractivity (Wildman–Crippen MR) is 86.9 cm³/mol. The van der Waals surface area contributed by atoms with E-state index in [-0.39, 0.29) is 11.3 Å². The van der Waals surface area contributed by atoms with Gasteiger partial charge in [0.2, 0.25) is 0 Å². The number of rotatable bonds is 4. The van der Waals surface area contributed by atoms with Crippen LogP contribution in [-0.2, 0) is 0 Å². The maximum atomic E-state index is 12.0. The van der Waals surface area contributed by atoms with Crippen molar-refractivity contribution in [2.24, 2.45) is 5.10 Å². The van der Waals surface area contributed by atoms with Crippen LogP contribution in [-0.4, -0.2) is 16.5 Å². The van der Waals surface area contributed by atoms with E-state index < -0.39 is 10.8 Å². The van der Waals surface area contributed by atoms with Crippen LogP contribution in [0.2, 0.25) is 0 Å². The van der Waals surface area contributed by atoms with Crippen molar-refractivity contribution in [2.75, 3.05) is 0 Å². The molecule has 0 aliphatic carbocycles. The molecule has 112 valence electrons. The molecule has 2 aromatic rings. The second-order valence-corrected chi connectivity index (χ2v) is 5.34. The summed E-state index contributed by atoms with van der Waals surface area (Å²) in [4.78, 5) is 22.4. The number of carbonyl (C=O) groups is 1. The minimum absolute atomic E-state index is 0.0294. The third-order valence-electron chi connectivity index (χ3n) is 2.91. The molecule has 22 heavy (non-hydrogen) atoms. The molecule has 0 fully saturated rings. The summed E-state index contributed by atoms with van der Waals surface area (Å²) in [5, 5.41) is 14.9. The van der Waals surface area contributed by atoms with E-state index in [1.807, 2.05) is 24.3 Å². The molecule has 7 heteroatoms. The van der Waals surface area contributed by atoms with Crippen molar-refractivity contribution >= 4 is 33.2 Å². The van der Waals surface area contributed by atoms with Gasteiger partial charge in [-0.15, -0.1) is 0 Å². The highest BCUT2D eigenvalue weighted by molar-refractivity contribution is 9.10. The Balaban J connectivity index is 2.19. The first kappa shape index (κ1) is 15.8. The molecule has 0 saturated carbocycles. The molecule has 1 amide bonds. The monoisotopic (exact) mass is 361 g/mol. The van der Waals surface area contributed by atoms with Gasteiger partial charge < -0.3 is 0 Å². The van der Waals surface area contributed by atoms with Gasteiger partial charge in [-0.05, 0) is 30.7 Å². The van der Waals surface area contributed by atoms with Gasteiger partial charge in [0, 0.05) is 10.5 Å². The molecule has 0 radical (unpaired) electrons. The number of hydrogen-bond acceptors (Lipinski definition) is 4. The number of amides is 1. The summed E-state index contributed by atoms with van der Waals surface area (Å²) in [6, 6.07) is 13.2. The van der Waals surface area contributed by atoms with Crippen LogP contribution in [0.1, 0.15) is 22.8 Å². The first-order chi connectivity index (χ1) is 10.5. The van der Waals surface area contributed by atoms with Crippen LogP contribution >= 0.6 is 15.9 Å². The Morgan fingerprint density at radius 3 is 2.64 bits per heavy atom. The molecule has 0 atom stereocenters. The molecular weight excluding hydrogens is 350 g/mol. The SMILES string of the molecule is CC(=NNC(=O)c1ccccc1[N+](=O)[O-])c1cccc(Br)c1. The number of hydrogen-bond donors (Lipinski definition) is 1. The Kier molecular flexibility index (Phi) is 5.00. The van der Waals surface area contributed by atoms with Crippen molar-refractivity contribution in [2.45, 2.75) is 6.92 Å². The highest BCUT2D eigenvalue weighted by atomic mass is 79.9. The summed E-state index contributed by atoms with van der Waals surface area (Å²) < 4.78 is 0.893. The number of nitro groups is 1. The summed E-state index contributed by atoms with van der Waals surface area (Å²) in [6.07, 6.45) is 0. The van der Waals surface area contributed by atoms with Gasteiger partial charge in [-0.25, -0.2) is 5.43 Å². The lowest BCUT2D eigenvalue weighted by Crippen LogP contribution is -2.20. The second-order valence-electron chi connectivity index (χ2n) is 4.42. The Hall–Kier alpha value is -2.54. The summed E-state index contributed by atoms with van der Waals surface area (Å²) in [6.45, 7) is 1.74. The van der Waals surface area contributed by atoms with Crippen LogP contribution in [0, 0.1) is 10.1 Å². The third-order valence-corrected chi connectivity index (χ3v) is 3.41. The van der Waals surface area contributed by atoms with Crippen molar-refractivity contribution < 1.29 is 9.72 Å². The summed E-state index contributed by atoms with van der Waals surface area (Å²) in [7, 11) is 0. The molecule has 6 nitrogen and oxygen atoms in total. The van der Waals surface area contributed by atoms with E-state index in [1.165, 1.54) is 18.2 Å². The number of hydrazone groups is 1. The smallest absolute Gasteiger partial charge is 0.267 e. The zero-order valence-corrected chi connectivity index (χ0v) is 13.2. The molecule has 2 aromatic carbocycles. The van der Waals surface area contributed by atoms with E-state index in [0.717, 1.165) is 10.0 Å². The van der Waals surface area contributed by atoms with Gasteiger partial charge in [0.1, 0.15) is 5.56 Å². The van der Waals surface area contributed by atoms with Gasteiger partial charge in [0.05, 0.1) is 10.6 Å². The normalized spacial score (nSPS) is 11.1. The highest BCUT2D eigenvalue weighted by Gasteiger charge is 2.18. The van der Waals surface area contributed by atoms with Gasteiger partial charge in [0.25, 0.3) is 11.6 Å². The van der Waals surface area contributed by atoms with E-state index in [2.05, 4.69) is 26.5 Å². The van der Waals surface area contributed by atoms with E-state index >= 15 is 0 Å². The fourth-order valence-corrected chi connectivity index (χ4v) is 2.20. The van der Waals surface area contributed by atoms with Crippen LogP contribution in [0.4, 0.5) is 5.69 Å². The lowest BCUT2D eigenvalue weighted by Gasteiger charge is -2.04. The Bertz CT molecular complexity index is 759. The number of para-hydroxylation sites is 1. The molecule has 0 heterocycles. The number of halogens is 1. The maximum Gasteiger partial charge on any atom is 0.282 e. The molecule has 0 spiro atoms. The Labute approximate surface area is 135 Å². The molecule has 0 aromatic heterocycles. The van der Waals surface area contributed by atoms with E-state index in [1.54, 1.807) is 13.0 Å². The molecule has 0 unspecified atom stereocenters. The van der Waals surface area contributed by atoms with Gasteiger partial charge in [-0.2, -0.15) is 5.10 Å². The molecule has 0 aliphatic heterocycles. The number of benzene rings is 2. The molecular formula is C15H12BrN3O3. The molecule has 0 bridgehead atoms. The number of nitrogens with one attached hydrogen (secondary N) is 1. The quantitative estimate of drug-likeness (QED) is 0.513. The average Bonchev–Trinajstić information content (AvgIpc) is 2.52. The van der Waals surface area contributed by atoms with Gasteiger partial charge >= 0.3 is 0 Å². The van der Waals surface area contributed by atoms with Crippen LogP contribution in [0.15, 0.2) is 58.1 Å². The van der Waals surface area contributed by atoms with Crippen molar-refractivity contribution in [3.8, 4) is 0 Å². The van der Waals surface area contributed by atoms with Crippen LogP contribution < -0.4 is 5.43 Å².